The lowest BCUT2D eigenvalue weighted by molar-refractivity contribution is 0.0667. The standard InChI is InChI=1S/C27H25ClN4O3/c28-21-10-8-20(9-11-21)25-23(18-32(30-25)17-19-5-2-1-3-6-19)26(33)29-22-12-14-31(15-13-22)27(34)24-7-4-16-35-24/h1-11,16,18,22H,12-15,17H2,(H,29,33). The van der Waals surface area contributed by atoms with Crippen LogP contribution in [0.5, 0.6) is 0 Å². The fourth-order valence-electron chi connectivity index (χ4n) is 4.31. The first-order valence-corrected chi connectivity index (χ1v) is 12.0. The zero-order valence-corrected chi connectivity index (χ0v) is 19.8. The van der Waals surface area contributed by atoms with Gasteiger partial charge in [-0.25, -0.2) is 0 Å². The van der Waals surface area contributed by atoms with Crippen molar-refractivity contribution in [3.8, 4) is 11.3 Å². The first-order chi connectivity index (χ1) is 17.1. The molecule has 5 rings (SSSR count). The highest BCUT2D eigenvalue weighted by Crippen LogP contribution is 2.25. The second kappa shape index (κ2) is 10.2. The van der Waals surface area contributed by atoms with Crippen LogP contribution >= 0.6 is 11.6 Å². The van der Waals surface area contributed by atoms with E-state index in [1.165, 1.54) is 6.26 Å². The fraction of sp³-hybridized carbons (Fsp3) is 0.222. The highest BCUT2D eigenvalue weighted by atomic mass is 35.5. The molecule has 0 saturated carbocycles. The van der Waals surface area contributed by atoms with Gasteiger partial charge in [-0.1, -0.05) is 54.1 Å². The van der Waals surface area contributed by atoms with Crippen molar-refractivity contribution >= 4 is 23.4 Å². The number of carbonyl (C=O) groups excluding carboxylic acids is 2. The van der Waals surface area contributed by atoms with Crippen LogP contribution in [-0.4, -0.2) is 45.6 Å². The number of hydrogen-bond acceptors (Lipinski definition) is 4. The van der Waals surface area contributed by atoms with Gasteiger partial charge in [0.05, 0.1) is 18.4 Å². The average Bonchev–Trinajstić information content (AvgIpc) is 3.56. The first kappa shape index (κ1) is 22.9. The number of likely N-dealkylation sites (tertiary alicyclic amines) is 1. The summed E-state index contributed by atoms with van der Waals surface area (Å²) in [7, 11) is 0. The van der Waals surface area contributed by atoms with Crippen molar-refractivity contribution in [2.75, 3.05) is 13.1 Å². The lowest BCUT2D eigenvalue weighted by Gasteiger charge is -2.31. The Hall–Kier alpha value is -3.84. The smallest absolute Gasteiger partial charge is 0.289 e. The van der Waals surface area contributed by atoms with Gasteiger partial charge in [-0.05, 0) is 42.7 Å². The molecule has 2 amide bonds. The molecular weight excluding hydrogens is 464 g/mol. The van der Waals surface area contributed by atoms with Gasteiger partial charge >= 0.3 is 0 Å². The maximum atomic E-state index is 13.4. The van der Waals surface area contributed by atoms with Gasteiger partial charge in [-0.2, -0.15) is 5.10 Å². The van der Waals surface area contributed by atoms with E-state index < -0.39 is 0 Å². The van der Waals surface area contributed by atoms with E-state index in [0.29, 0.717) is 54.5 Å². The maximum absolute atomic E-state index is 13.4. The Labute approximate surface area is 208 Å². The van der Waals surface area contributed by atoms with Crippen LogP contribution in [0.3, 0.4) is 0 Å². The van der Waals surface area contributed by atoms with Crippen LogP contribution in [0, 0.1) is 0 Å². The molecule has 8 heteroatoms. The zero-order valence-electron chi connectivity index (χ0n) is 19.1. The maximum Gasteiger partial charge on any atom is 0.289 e. The molecule has 0 bridgehead atoms. The van der Waals surface area contributed by atoms with Gasteiger partial charge in [-0.3, -0.25) is 14.3 Å². The number of furan rings is 1. The molecule has 178 valence electrons. The summed E-state index contributed by atoms with van der Waals surface area (Å²) in [6, 6.07) is 20.7. The van der Waals surface area contributed by atoms with Gasteiger partial charge in [-0.15, -0.1) is 0 Å². The van der Waals surface area contributed by atoms with Crippen molar-refractivity contribution in [2.24, 2.45) is 0 Å². The predicted molar refractivity (Wildman–Crippen MR) is 133 cm³/mol. The molecule has 7 nitrogen and oxygen atoms in total. The van der Waals surface area contributed by atoms with E-state index in [1.807, 2.05) is 42.5 Å². The van der Waals surface area contributed by atoms with E-state index in [1.54, 1.807) is 40.0 Å². The number of piperidine rings is 1. The van der Waals surface area contributed by atoms with E-state index in [4.69, 9.17) is 21.1 Å². The largest absolute Gasteiger partial charge is 0.459 e. The van der Waals surface area contributed by atoms with Gasteiger partial charge in [0.15, 0.2) is 5.76 Å². The van der Waals surface area contributed by atoms with Crippen LogP contribution < -0.4 is 5.32 Å². The predicted octanol–water partition coefficient (Wildman–Crippen LogP) is 4.88. The van der Waals surface area contributed by atoms with E-state index in [0.717, 1.165) is 11.1 Å². The van der Waals surface area contributed by atoms with E-state index >= 15 is 0 Å². The third-order valence-electron chi connectivity index (χ3n) is 6.16. The van der Waals surface area contributed by atoms with Crippen molar-refractivity contribution in [1.29, 1.82) is 0 Å². The molecule has 0 atom stereocenters. The molecule has 1 fully saturated rings. The van der Waals surface area contributed by atoms with Crippen LogP contribution in [0.25, 0.3) is 11.3 Å². The number of hydrogen-bond donors (Lipinski definition) is 1. The molecule has 2 aromatic heterocycles. The lowest BCUT2D eigenvalue weighted by atomic mass is 10.0. The van der Waals surface area contributed by atoms with E-state index in [9.17, 15) is 9.59 Å². The summed E-state index contributed by atoms with van der Waals surface area (Å²) in [6.07, 6.45) is 4.64. The summed E-state index contributed by atoms with van der Waals surface area (Å²) in [5, 5.41) is 8.51. The Kier molecular flexibility index (Phi) is 6.68. The van der Waals surface area contributed by atoms with Gasteiger partial charge in [0.1, 0.15) is 5.69 Å². The number of nitrogens with one attached hydrogen (secondary N) is 1. The Morgan fingerprint density at radius 2 is 1.74 bits per heavy atom. The molecule has 1 N–H and O–H groups in total. The van der Waals surface area contributed by atoms with Crippen LogP contribution in [-0.2, 0) is 6.54 Å². The SMILES string of the molecule is O=C(NC1CCN(C(=O)c2ccco2)CC1)c1cn(Cc2ccccc2)nc1-c1ccc(Cl)cc1. The first-order valence-electron chi connectivity index (χ1n) is 11.6. The molecule has 35 heavy (non-hydrogen) atoms. The number of amides is 2. The Morgan fingerprint density at radius 3 is 2.43 bits per heavy atom. The molecule has 1 saturated heterocycles. The minimum Gasteiger partial charge on any atom is -0.459 e. The van der Waals surface area contributed by atoms with Crippen molar-refractivity contribution < 1.29 is 14.0 Å². The molecule has 2 aromatic carbocycles. The molecule has 0 radical (unpaired) electrons. The van der Waals surface area contributed by atoms with Crippen molar-refractivity contribution in [3.05, 3.63) is 101 Å². The average molecular weight is 489 g/mol. The van der Waals surface area contributed by atoms with Crippen molar-refractivity contribution in [3.63, 3.8) is 0 Å². The van der Waals surface area contributed by atoms with Crippen LogP contribution in [0.4, 0.5) is 0 Å². The van der Waals surface area contributed by atoms with Gasteiger partial charge < -0.3 is 14.6 Å². The molecule has 1 aliphatic heterocycles. The van der Waals surface area contributed by atoms with Gasteiger partial charge in [0, 0.05) is 35.9 Å². The number of benzene rings is 2. The molecule has 0 unspecified atom stereocenters. The van der Waals surface area contributed by atoms with Crippen LogP contribution in [0.2, 0.25) is 5.02 Å². The topological polar surface area (TPSA) is 80.4 Å². The summed E-state index contributed by atoms with van der Waals surface area (Å²) >= 11 is 6.07. The lowest BCUT2D eigenvalue weighted by Crippen LogP contribution is -2.46. The Bertz CT molecular complexity index is 1290. The second-order valence-electron chi connectivity index (χ2n) is 8.60. The highest BCUT2D eigenvalue weighted by molar-refractivity contribution is 6.30. The van der Waals surface area contributed by atoms with Crippen LogP contribution in [0.15, 0.2) is 83.6 Å². The van der Waals surface area contributed by atoms with Crippen molar-refractivity contribution in [1.82, 2.24) is 20.0 Å². The monoisotopic (exact) mass is 488 g/mol. The van der Waals surface area contributed by atoms with Gasteiger partial charge in [0.2, 0.25) is 0 Å². The molecule has 0 aliphatic carbocycles. The normalized spacial score (nSPS) is 14.1. The summed E-state index contributed by atoms with van der Waals surface area (Å²) < 4.78 is 7.02. The summed E-state index contributed by atoms with van der Waals surface area (Å²) in [4.78, 5) is 27.6. The highest BCUT2D eigenvalue weighted by Gasteiger charge is 2.27. The number of aromatic nitrogens is 2. The molecule has 0 spiro atoms. The quantitative estimate of drug-likeness (QED) is 0.419. The number of nitrogens with zero attached hydrogens (tertiary/aromatic N) is 3. The summed E-state index contributed by atoms with van der Waals surface area (Å²) in [5.41, 5.74) is 3.04. The minimum absolute atomic E-state index is 0.0290. The fourth-order valence-corrected chi connectivity index (χ4v) is 4.43. The molecule has 4 aromatic rings. The summed E-state index contributed by atoms with van der Waals surface area (Å²) in [6.45, 7) is 1.67. The molecule has 1 aliphatic rings. The number of rotatable bonds is 6. The zero-order chi connectivity index (χ0) is 24.2. The summed E-state index contributed by atoms with van der Waals surface area (Å²) in [5.74, 6) is 0.0444. The van der Waals surface area contributed by atoms with E-state index in [2.05, 4.69) is 5.32 Å². The van der Waals surface area contributed by atoms with Crippen molar-refractivity contribution in [2.45, 2.75) is 25.4 Å². The minimum atomic E-state index is -0.176. The third kappa shape index (κ3) is 5.30. The Balaban J connectivity index is 1.31. The Morgan fingerprint density at radius 1 is 1.00 bits per heavy atom. The third-order valence-corrected chi connectivity index (χ3v) is 6.41. The molecule has 3 heterocycles. The number of halogens is 1. The molecular formula is C27H25ClN4O3. The second-order valence-corrected chi connectivity index (χ2v) is 9.04. The number of carbonyl (C=O) groups is 2. The van der Waals surface area contributed by atoms with Gasteiger partial charge in [0.25, 0.3) is 11.8 Å². The van der Waals surface area contributed by atoms with E-state index in [-0.39, 0.29) is 17.9 Å². The van der Waals surface area contributed by atoms with Crippen LogP contribution in [0.1, 0.15) is 39.3 Å².